The van der Waals surface area contributed by atoms with Crippen LogP contribution in [0, 0.1) is 11.6 Å². The third-order valence-electron chi connectivity index (χ3n) is 3.99. The van der Waals surface area contributed by atoms with Crippen LogP contribution in [0.15, 0.2) is 53.6 Å². The Morgan fingerprint density at radius 1 is 1.00 bits per heavy atom. The van der Waals surface area contributed by atoms with Gasteiger partial charge in [0.2, 0.25) is 11.8 Å². The molecule has 26 heavy (non-hydrogen) atoms. The number of nitrogens with one attached hydrogen (secondary N) is 1. The Hall–Kier alpha value is -3.09. The van der Waals surface area contributed by atoms with Gasteiger partial charge in [-0.15, -0.1) is 0 Å². The van der Waals surface area contributed by atoms with Gasteiger partial charge in [0.25, 0.3) is 0 Å². The molecule has 0 fully saturated rings. The Labute approximate surface area is 149 Å². The fourth-order valence-electron chi connectivity index (χ4n) is 2.64. The molecule has 2 aromatic carbocycles. The van der Waals surface area contributed by atoms with Crippen LogP contribution < -0.4 is 5.32 Å². The minimum atomic E-state index is -0.860. The summed E-state index contributed by atoms with van der Waals surface area (Å²) >= 11 is 0. The second-order valence-electron chi connectivity index (χ2n) is 5.82. The van der Waals surface area contributed by atoms with Crippen molar-refractivity contribution >= 4 is 23.2 Å². The van der Waals surface area contributed by atoms with Gasteiger partial charge in [0.1, 0.15) is 17.3 Å². The predicted octanol–water partition coefficient (Wildman–Crippen LogP) is 3.32. The number of anilines is 1. The van der Waals surface area contributed by atoms with Crippen LogP contribution in [0.25, 0.3) is 0 Å². The molecule has 0 spiro atoms. The summed E-state index contributed by atoms with van der Waals surface area (Å²) in [6.45, 7) is 0.451. The van der Waals surface area contributed by atoms with Crippen LogP contribution in [0.1, 0.15) is 24.8 Å². The predicted molar refractivity (Wildman–Crippen MR) is 93.5 cm³/mol. The van der Waals surface area contributed by atoms with Crippen LogP contribution in [-0.2, 0) is 9.59 Å². The van der Waals surface area contributed by atoms with Gasteiger partial charge < -0.3 is 5.32 Å². The van der Waals surface area contributed by atoms with Crippen molar-refractivity contribution in [3.63, 3.8) is 0 Å². The molecule has 7 heteroatoms. The number of para-hydroxylation sites is 1. The summed E-state index contributed by atoms with van der Waals surface area (Å²) < 4.78 is 27.0. The maximum Gasteiger partial charge on any atom is 0.243 e. The van der Waals surface area contributed by atoms with E-state index in [-0.39, 0.29) is 18.7 Å². The molecule has 134 valence electrons. The number of hydrogen-bond donors (Lipinski definition) is 1. The standard InChI is InChI=1S/C19H17F2N3O2/c20-14-7-4-8-15(21)19(14)22-17(25)9-10-18(26)24-12-11-16(23-24)13-5-2-1-3-6-13/h1-8H,9-12H2,(H,22,25). The van der Waals surface area contributed by atoms with E-state index in [2.05, 4.69) is 10.4 Å². The van der Waals surface area contributed by atoms with Gasteiger partial charge >= 0.3 is 0 Å². The van der Waals surface area contributed by atoms with Gasteiger partial charge in [-0.3, -0.25) is 9.59 Å². The lowest BCUT2D eigenvalue weighted by molar-refractivity contribution is -0.132. The van der Waals surface area contributed by atoms with E-state index in [0.717, 1.165) is 23.4 Å². The number of amides is 2. The van der Waals surface area contributed by atoms with Crippen LogP contribution in [-0.4, -0.2) is 29.1 Å². The molecule has 0 bridgehead atoms. The second kappa shape index (κ2) is 7.86. The number of rotatable bonds is 5. The fraction of sp³-hybridized carbons (Fsp3) is 0.211. The van der Waals surface area contributed by atoms with E-state index in [9.17, 15) is 18.4 Å². The molecule has 0 saturated carbocycles. The minimum Gasteiger partial charge on any atom is -0.321 e. The number of carbonyl (C=O) groups excluding carboxylic acids is 2. The lowest BCUT2D eigenvalue weighted by Crippen LogP contribution is -2.25. The van der Waals surface area contributed by atoms with E-state index in [4.69, 9.17) is 0 Å². The summed E-state index contributed by atoms with van der Waals surface area (Å²) in [6, 6.07) is 12.8. The van der Waals surface area contributed by atoms with E-state index >= 15 is 0 Å². The van der Waals surface area contributed by atoms with Crippen molar-refractivity contribution < 1.29 is 18.4 Å². The van der Waals surface area contributed by atoms with Gasteiger partial charge in [0.15, 0.2) is 0 Å². The van der Waals surface area contributed by atoms with E-state index in [0.29, 0.717) is 13.0 Å². The maximum absolute atomic E-state index is 13.5. The molecule has 0 radical (unpaired) electrons. The van der Waals surface area contributed by atoms with Crippen molar-refractivity contribution in [1.82, 2.24) is 5.01 Å². The number of carbonyl (C=O) groups is 2. The number of benzene rings is 2. The maximum atomic E-state index is 13.5. The van der Waals surface area contributed by atoms with Crippen LogP contribution in [0.3, 0.4) is 0 Å². The zero-order valence-electron chi connectivity index (χ0n) is 13.9. The molecule has 0 unspecified atom stereocenters. The highest BCUT2D eigenvalue weighted by atomic mass is 19.1. The summed E-state index contributed by atoms with van der Waals surface area (Å²) in [4.78, 5) is 24.1. The number of halogens is 2. The Kier molecular flexibility index (Phi) is 5.36. The average molecular weight is 357 g/mol. The van der Waals surface area contributed by atoms with Crippen molar-refractivity contribution in [2.45, 2.75) is 19.3 Å². The highest BCUT2D eigenvalue weighted by Crippen LogP contribution is 2.19. The summed E-state index contributed by atoms with van der Waals surface area (Å²) in [5.74, 6) is -2.66. The molecular weight excluding hydrogens is 340 g/mol. The first-order valence-electron chi connectivity index (χ1n) is 8.22. The third-order valence-corrected chi connectivity index (χ3v) is 3.99. The summed E-state index contributed by atoms with van der Waals surface area (Å²) in [6.07, 6.45) is 0.370. The lowest BCUT2D eigenvalue weighted by atomic mass is 10.1. The second-order valence-corrected chi connectivity index (χ2v) is 5.82. The molecule has 1 heterocycles. The van der Waals surface area contributed by atoms with Crippen LogP contribution in [0.5, 0.6) is 0 Å². The van der Waals surface area contributed by atoms with Gasteiger partial charge in [-0.25, -0.2) is 13.8 Å². The van der Waals surface area contributed by atoms with Crippen LogP contribution in [0.4, 0.5) is 14.5 Å². The molecule has 2 amide bonds. The lowest BCUT2D eigenvalue weighted by Gasteiger charge is -2.11. The first kappa shape index (κ1) is 17.7. The summed E-state index contributed by atoms with van der Waals surface area (Å²) in [5, 5.41) is 7.79. The molecular formula is C19H17F2N3O2. The van der Waals surface area contributed by atoms with E-state index < -0.39 is 23.2 Å². The molecule has 0 saturated heterocycles. The zero-order chi connectivity index (χ0) is 18.5. The molecule has 0 aliphatic carbocycles. The summed E-state index contributed by atoms with van der Waals surface area (Å²) in [7, 11) is 0. The normalized spacial score (nSPS) is 13.5. The molecule has 1 N–H and O–H groups in total. The van der Waals surface area contributed by atoms with Crippen molar-refractivity contribution in [2.24, 2.45) is 5.10 Å². The molecule has 0 atom stereocenters. The minimum absolute atomic E-state index is 0.0898. The first-order chi connectivity index (χ1) is 12.5. The number of hydrazone groups is 1. The van der Waals surface area contributed by atoms with Gasteiger partial charge in [-0.2, -0.15) is 5.10 Å². The van der Waals surface area contributed by atoms with Crippen molar-refractivity contribution in [3.8, 4) is 0 Å². The topological polar surface area (TPSA) is 61.8 Å². The molecule has 1 aliphatic heterocycles. The number of nitrogens with zero attached hydrogens (tertiary/aromatic N) is 2. The van der Waals surface area contributed by atoms with Gasteiger partial charge in [-0.05, 0) is 17.7 Å². The highest BCUT2D eigenvalue weighted by molar-refractivity contribution is 6.02. The summed E-state index contributed by atoms with van der Waals surface area (Å²) in [5.41, 5.74) is 1.27. The fourth-order valence-corrected chi connectivity index (χ4v) is 2.64. The molecule has 2 aromatic rings. The zero-order valence-corrected chi connectivity index (χ0v) is 13.9. The molecule has 1 aliphatic rings. The molecule has 0 aromatic heterocycles. The van der Waals surface area contributed by atoms with Crippen molar-refractivity contribution in [1.29, 1.82) is 0 Å². The largest absolute Gasteiger partial charge is 0.321 e. The van der Waals surface area contributed by atoms with Gasteiger partial charge in [0, 0.05) is 19.3 Å². The van der Waals surface area contributed by atoms with Gasteiger partial charge in [-0.1, -0.05) is 36.4 Å². The van der Waals surface area contributed by atoms with Crippen LogP contribution in [0.2, 0.25) is 0 Å². The van der Waals surface area contributed by atoms with E-state index in [1.807, 2.05) is 30.3 Å². The third kappa shape index (κ3) is 4.11. The van der Waals surface area contributed by atoms with E-state index in [1.54, 1.807) is 0 Å². The first-order valence-corrected chi connectivity index (χ1v) is 8.22. The quantitative estimate of drug-likeness (QED) is 0.892. The van der Waals surface area contributed by atoms with Crippen molar-refractivity contribution in [2.75, 3.05) is 11.9 Å². The number of hydrogen-bond acceptors (Lipinski definition) is 3. The Balaban J connectivity index is 1.54. The monoisotopic (exact) mass is 357 g/mol. The Morgan fingerprint density at radius 3 is 2.38 bits per heavy atom. The molecule has 5 nitrogen and oxygen atoms in total. The molecule has 3 rings (SSSR count). The smallest absolute Gasteiger partial charge is 0.243 e. The highest BCUT2D eigenvalue weighted by Gasteiger charge is 2.22. The van der Waals surface area contributed by atoms with Gasteiger partial charge in [0.05, 0.1) is 12.3 Å². The SMILES string of the molecule is O=C(CCC(=O)N1CCC(c2ccccc2)=N1)Nc1c(F)cccc1F. The Bertz CT molecular complexity index is 833. The van der Waals surface area contributed by atoms with Crippen LogP contribution >= 0.6 is 0 Å². The Morgan fingerprint density at radius 2 is 1.69 bits per heavy atom. The van der Waals surface area contributed by atoms with E-state index in [1.165, 1.54) is 11.1 Å². The average Bonchev–Trinajstić information content (AvgIpc) is 3.14. The van der Waals surface area contributed by atoms with Crippen molar-refractivity contribution in [3.05, 3.63) is 65.7 Å².